The summed E-state index contributed by atoms with van der Waals surface area (Å²) in [4.78, 5) is 0. The standard InChI is InChI=1S/C15H14BrFN2/c16-13-7-3-6-11(14(13)17)15(19-18)12-8-9-4-1-2-5-10(9)12/h1-7,12,15,19H,8,18H2. The fourth-order valence-electron chi connectivity index (χ4n) is 2.78. The quantitative estimate of drug-likeness (QED) is 0.671. The summed E-state index contributed by atoms with van der Waals surface area (Å²) in [6, 6.07) is 13.3. The van der Waals surface area contributed by atoms with Gasteiger partial charge in [0.2, 0.25) is 0 Å². The van der Waals surface area contributed by atoms with E-state index in [0.29, 0.717) is 10.0 Å². The molecule has 0 fully saturated rings. The number of nitrogens with one attached hydrogen (secondary N) is 1. The van der Waals surface area contributed by atoms with Crippen LogP contribution in [-0.2, 0) is 6.42 Å². The second kappa shape index (κ2) is 5.04. The molecule has 0 radical (unpaired) electrons. The van der Waals surface area contributed by atoms with Crippen LogP contribution < -0.4 is 11.3 Å². The largest absolute Gasteiger partial charge is 0.271 e. The highest BCUT2D eigenvalue weighted by Gasteiger charge is 2.34. The van der Waals surface area contributed by atoms with Crippen LogP contribution >= 0.6 is 15.9 Å². The molecule has 3 N–H and O–H groups in total. The van der Waals surface area contributed by atoms with E-state index in [2.05, 4.69) is 33.5 Å². The second-order valence-corrected chi connectivity index (χ2v) is 5.65. The summed E-state index contributed by atoms with van der Waals surface area (Å²) >= 11 is 3.22. The van der Waals surface area contributed by atoms with E-state index in [9.17, 15) is 4.39 Å². The van der Waals surface area contributed by atoms with Crippen molar-refractivity contribution in [3.8, 4) is 0 Å². The summed E-state index contributed by atoms with van der Waals surface area (Å²) < 4.78 is 14.7. The van der Waals surface area contributed by atoms with Crippen molar-refractivity contribution in [1.82, 2.24) is 5.43 Å². The highest BCUT2D eigenvalue weighted by molar-refractivity contribution is 9.10. The van der Waals surface area contributed by atoms with Crippen LogP contribution in [0.2, 0.25) is 0 Å². The number of halogens is 2. The average Bonchev–Trinajstić information content (AvgIpc) is 2.40. The Kier molecular flexibility index (Phi) is 3.39. The van der Waals surface area contributed by atoms with Crippen LogP contribution in [0.1, 0.15) is 28.7 Å². The highest BCUT2D eigenvalue weighted by atomic mass is 79.9. The molecule has 0 heterocycles. The summed E-state index contributed by atoms with van der Waals surface area (Å²) in [5, 5.41) is 0. The lowest BCUT2D eigenvalue weighted by Gasteiger charge is -2.36. The van der Waals surface area contributed by atoms with Gasteiger partial charge in [-0.3, -0.25) is 11.3 Å². The first-order valence-electron chi connectivity index (χ1n) is 6.20. The molecule has 2 unspecified atom stereocenters. The van der Waals surface area contributed by atoms with Gasteiger partial charge in [-0.05, 0) is 39.5 Å². The average molecular weight is 321 g/mol. The first kappa shape index (κ1) is 12.8. The summed E-state index contributed by atoms with van der Waals surface area (Å²) in [6.07, 6.45) is 0.928. The van der Waals surface area contributed by atoms with Crippen LogP contribution in [0.4, 0.5) is 4.39 Å². The molecular formula is C15H14BrFN2. The minimum absolute atomic E-state index is 0.201. The predicted molar refractivity (Wildman–Crippen MR) is 77.1 cm³/mol. The van der Waals surface area contributed by atoms with E-state index >= 15 is 0 Å². The lowest BCUT2D eigenvalue weighted by molar-refractivity contribution is 0.404. The minimum atomic E-state index is -0.241. The maximum atomic E-state index is 14.2. The molecule has 0 saturated carbocycles. The van der Waals surface area contributed by atoms with Gasteiger partial charge in [-0.1, -0.05) is 36.4 Å². The van der Waals surface area contributed by atoms with E-state index in [4.69, 9.17) is 5.84 Å². The van der Waals surface area contributed by atoms with Crippen LogP contribution in [0.3, 0.4) is 0 Å². The third-order valence-electron chi connectivity index (χ3n) is 3.79. The highest BCUT2D eigenvalue weighted by Crippen LogP contribution is 2.44. The monoisotopic (exact) mass is 320 g/mol. The number of hydrogen-bond donors (Lipinski definition) is 2. The van der Waals surface area contributed by atoms with Gasteiger partial charge in [-0.2, -0.15) is 0 Å². The van der Waals surface area contributed by atoms with E-state index in [0.717, 1.165) is 6.42 Å². The predicted octanol–water partition coefficient (Wildman–Crippen LogP) is 3.43. The zero-order valence-electron chi connectivity index (χ0n) is 10.2. The molecule has 1 aliphatic carbocycles. The Balaban J connectivity index is 1.97. The molecule has 2 nitrogen and oxygen atoms in total. The van der Waals surface area contributed by atoms with Crippen LogP contribution in [0.15, 0.2) is 46.9 Å². The van der Waals surface area contributed by atoms with Gasteiger partial charge in [-0.15, -0.1) is 0 Å². The van der Waals surface area contributed by atoms with Gasteiger partial charge in [-0.25, -0.2) is 4.39 Å². The molecule has 2 atom stereocenters. The molecule has 0 amide bonds. The topological polar surface area (TPSA) is 38.0 Å². The smallest absolute Gasteiger partial charge is 0.142 e. The van der Waals surface area contributed by atoms with Gasteiger partial charge in [0.25, 0.3) is 0 Å². The fraction of sp³-hybridized carbons (Fsp3) is 0.200. The van der Waals surface area contributed by atoms with E-state index in [1.54, 1.807) is 12.1 Å². The first-order chi connectivity index (χ1) is 9.22. The molecule has 0 aromatic heterocycles. The minimum Gasteiger partial charge on any atom is -0.271 e. The van der Waals surface area contributed by atoms with Crippen molar-refractivity contribution in [3.05, 3.63) is 69.4 Å². The maximum Gasteiger partial charge on any atom is 0.142 e. The lowest BCUT2D eigenvalue weighted by atomic mass is 9.72. The molecule has 3 rings (SSSR count). The summed E-state index contributed by atoms with van der Waals surface area (Å²) in [6.45, 7) is 0. The Bertz CT molecular complexity index is 615. The van der Waals surface area contributed by atoms with Gasteiger partial charge in [0, 0.05) is 11.5 Å². The molecule has 2 aromatic carbocycles. The molecule has 4 heteroatoms. The molecule has 1 aliphatic rings. The van der Waals surface area contributed by atoms with Gasteiger partial charge < -0.3 is 0 Å². The fourth-order valence-corrected chi connectivity index (χ4v) is 3.16. The Labute approximate surface area is 119 Å². The van der Waals surface area contributed by atoms with Crippen LogP contribution in [0, 0.1) is 5.82 Å². The number of nitrogens with two attached hydrogens (primary N) is 1. The molecular weight excluding hydrogens is 307 g/mol. The Morgan fingerprint density at radius 2 is 2.00 bits per heavy atom. The summed E-state index contributed by atoms with van der Waals surface area (Å²) in [5.74, 6) is 5.65. The van der Waals surface area contributed by atoms with E-state index in [1.807, 2.05) is 18.2 Å². The van der Waals surface area contributed by atoms with Crippen LogP contribution in [-0.4, -0.2) is 0 Å². The van der Waals surface area contributed by atoms with E-state index < -0.39 is 0 Å². The van der Waals surface area contributed by atoms with Gasteiger partial charge >= 0.3 is 0 Å². The lowest BCUT2D eigenvalue weighted by Crippen LogP contribution is -2.37. The third kappa shape index (κ3) is 2.10. The Hall–Kier alpha value is -1.23. The number of hydrogen-bond acceptors (Lipinski definition) is 2. The molecule has 0 bridgehead atoms. The van der Waals surface area contributed by atoms with Crippen molar-refractivity contribution in [2.45, 2.75) is 18.4 Å². The zero-order chi connectivity index (χ0) is 13.4. The van der Waals surface area contributed by atoms with Crippen molar-refractivity contribution in [2.24, 2.45) is 5.84 Å². The number of fused-ring (bicyclic) bond motifs is 1. The Morgan fingerprint density at radius 3 is 2.74 bits per heavy atom. The SMILES string of the molecule is NNC(c1cccc(Br)c1F)C1Cc2ccccc21. The molecule has 0 saturated heterocycles. The van der Waals surface area contributed by atoms with Crippen molar-refractivity contribution >= 4 is 15.9 Å². The summed E-state index contributed by atoms with van der Waals surface area (Å²) in [5.41, 5.74) is 5.95. The molecule has 98 valence electrons. The molecule has 19 heavy (non-hydrogen) atoms. The Morgan fingerprint density at radius 1 is 1.21 bits per heavy atom. The molecule has 2 aromatic rings. The van der Waals surface area contributed by atoms with Crippen molar-refractivity contribution in [1.29, 1.82) is 0 Å². The molecule has 0 aliphatic heterocycles. The van der Waals surface area contributed by atoms with Crippen molar-refractivity contribution in [2.75, 3.05) is 0 Å². The first-order valence-corrected chi connectivity index (χ1v) is 6.99. The number of rotatable bonds is 3. The maximum absolute atomic E-state index is 14.2. The van der Waals surface area contributed by atoms with Gasteiger partial charge in [0.1, 0.15) is 5.82 Å². The molecule has 0 spiro atoms. The second-order valence-electron chi connectivity index (χ2n) is 4.80. The zero-order valence-corrected chi connectivity index (χ0v) is 11.8. The third-order valence-corrected chi connectivity index (χ3v) is 4.41. The van der Waals surface area contributed by atoms with E-state index in [-0.39, 0.29) is 17.8 Å². The van der Waals surface area contributed by atoms with Crippen molar-refractivity contribution < 1.29 is 4.39 Å². The van der Waals surface area contributed by atoms with Gasteiger partial charge in [0.05, 0.1) is 10.5 Å². The van der Waals surface area contributed by atoms with E-state index in [1.165, 1.54) is 11.1 Å². The normalized spacial score (nSPS) is 18.6. The number of hydrazine groups is 1. The van der Waals surface area contributed by atoms with Crippen LogP contribution in [0.25, 0.3) is 0 Å². The van der Waals surface area contributed by atoms with Crippen molar-refractivity contribution in [3.63, 3.8) is 0 Å². The summed E-state index contributed by atoms with van der Waals surface area (Å²) in [7, 11) is 0. The van der Waals surface area contributed by atoms with Crippen LogP contribution in [0.5, 0.6) is 0 Å². The van der Waals surface area contributed by atoms with Gasteiger partial charge in [0.15, 0.2) is 0 Å². The number of benzene rings is 2.